The summed E-state index contributed by atoms with van der Waals surface area (Å²) < 4.78 is 63.3. The maximum Gasteiger partial charge on any atom is 0.573 e. The lowest BCUT2D eigenvalue weighted by Gasteiger charge is -2.35. The van der Waals surface area contributed by atoms with Crippen LogP contribution < -0.4 is 14.8 Å². The summed E-state index contributed by atoms with van der Waals surface area (Å²) in [6.45, 7) is 4.18. The largest absolute Gasteiger partial charge is 0.573 e. The lowest BCUT2D eigenvalue weighted by molar-refractivity contribution is -0.274. The van der Waals surface area contributed by atoms with Crippen LogP contribution in [0.1, 0.15) is 69.6 Å². The number of aromatic amines is 1. The SMILES string of the molecule is CC(C)Oc1cc(-c2nnn[nH]2)cc2sc(NC3C4CCC3CC(OCc3c(-c5ccccc5OC(F)(F)F)noc3C3CC3)C4)nc12. The van der Waals surface area contributed by atoms with E-state index in [1.54, 1.807) is 23.5 Å². The number of tetrazole rings is 1. The minimum atomic E-state index is -4.82. The number of rotatable bonds is 11. The Morgan fingerprint density at radius 2 is 1.85 bits per heavy atom. The van der Waals surface area contributed by atoms with Crippen LogP contribution in [0, 0.1) is 11.8 Å². The Balaban J connectivity index is 0.981. The van der Waals surface area contributed by atoms with Gasteiger partial charge in [-0.05, 0) is 98.9 Å². The molecule has 15 heteroatoms. The molecule has 3 saturated carbocycles. The maximum atomic E-state index is 13.2. The molecule has 3 heterocycles. The van der Waals surface area contributed by atoms with Crippen LogP contribution in [-0.4, -0.2) is 55.4 Å². The van der Waals surface area contributed by atoms with Crippen molar-refractivity contribution in [3.05, 3.63) is 47.7 Å². The van der Waals surface area contributed by atoms with Gasteiger partial charge in [-0.25, -0.2) is 10.1 Å². The highest BCUT2D eigenvalue weighted by Crippen LogP contribution is 2.48. The van der Waals surface area contributed by atoms with Gasteiger partial charge in [0, 0.05) is 28.7 Å². The number of nitrogens with one attached hydrogen (secondary N) is 2. The number of halogens is 3. The molecule has 48 heavy (non-hydrogen) atoms. The minimum absolute atomic E-state index is 0.0107. The van der Waals surface area contributed by atoms with Crippen LogP contribution in [0.3, 0.4) is 0 Å². The van der Waals surface area contributed by atoms with Gasteiger partial charge >= 0.3 is 6.36 Å². The molecule has 3 aliphatic rings. The van der Waals surface area contributed by atoms with Crippen LogP contribution in [0.25, 0.3) is 32.9 Å². The number of nitrogens with zero attached hydrogens (tertiary/aromatic N) is 5. The van der Waals surface area contributed by atoms with Gasteiger partial charge in [0.2, 0.25) is 0 Å². The maximum absolute atomic E-state index is 13.2. The van der Waals surface area contributed by atoms with E-state index in [1.165, 1.54) is 12.1 Å². The van der Waals surface area contributed by atoms with Crippen LogP contribution in [0.2, 0.25) is 0 Å². The van der Waals surface area contributed by atoms with Gasteiger partial charge in [0.05, 0.1) is 23.5 Å². The van der Waals surface area contributed by atoms with Gasteiger partial charge in [0.1, 0.15) is 28.5 Å². The number of anilines is 1. The molecule has 3 aliphatic carbocycles. The molecule has 2 atom stereocenters. The quantitative estimate of drug-likeness (QED) is 0.142. The number of para-hydroxylation sites is 1. The zero-order valence-electron chi connectivity index (χ0n) is 26.3. The predicted molar refractivity (Wildman–Crippen MR) is 171 cm³/mol. The van der Waals surface area contributed by atoms with E-state index in [2.05, 4.69) is 35.8 Å². The molecule has 2 unspecified atom stereocenters. The fourth-order valence-corrected chi connectivity index (χ4v) is 8.20. The van der Waals surface area contributed by atoms with Gasteiger partial charge in [-0.15, -0.1) is 18.3 Å². The fourth-order valence-electron chi connectivity index (χ4n) is 7.23. The monoisotopic (exact) mass is 681 g/mol. The van der Waals surface area contributed by atoms with Crippen molar-refractivity contribution in [3.8, 4) is 34.1 Å². The number of alkyl halides is 3. The van der Waals surface area contributed by atoms with Crippen molar-refractivity contribution in [1.82, 2.24) is 30.8 Å². The molecule has 11 nitrogen and oxygen atoms in total. The van der Waals surface area contributed by atoms with Crippen LogP contribution >= 0.6 is 11.3 Å². The molecule has 252 valence electrons. The fraction of sp³-hybridized carbons (Fsp3) is 0.485. The van der Waals surface area contributed by atoms with Crippen molar-refractivity contribution >= 4 is 26.7 Å². The summed E-state index contributed by atoms with van der Waals surface area (Å²) in [5.74, 6) is 2.64. The van der Waals surface area contributed by atoms with Crippen molar-refractivity contribution in [2.24, 2.45) is 11.8 Å². The standard InChI is InChI=1S/C33H34F3N7O4S/c1-16(2)45-25-13-20(31-39-42-43-40-31)14-26-29(25)38-32(48-26)37-27-18-9-10-19(27)12-21(11-18)44-15-23-28(41-47-30(23)17-7-8-17)22-5-3-4-6-24(22)46-33(34,35)36/h3-6,13-14,16-19,21,27H,7-12,15H2,1-2H3,(H,37,38)(H,39,40,42,43). The molecule has 0 radical (unpaired) electrons. The Bertz CT molecular complexity index is 1890. The Labute approximate surface area is 277 Å². The number of aromatic nitrogens is 6. The first-order valence-electron chi connectivity index (χ1n) is 16.3. The topological polar surface area (TPSA) is 133 Å². The number of benzene rings is 2. The molecule has 0 amide bonds. The van der Waals surface area contributed by atoms with Crippen molar-refractivity contribution < 1.29 is 31.9 Å². The predicted octanol–water partition coefficient (Wildman–Crippen LogP) is 7.88. The number of thiazole rings is 1. The molecule has 5 aromatic rings. The van der Waals surface area contributed by atoms with E-state index in [-0.39, 0.29) is 42.1 Å². The molecule has 0 saturated heterocycles. The average molecular weight is 682 g/mol. The highest BCUT2D eigenvalue weighted by atomic mass is 32.1. The van der Waals surface area contributed by atoms with Gasteiger partial charge in [-0.2, -0.15) is 0 Å². The first kappa shape index (κ1) is 31.1. The van der Waals surface area contributed by atoms with Crippen molar-refractivity contribution in [2.45, 2.75) is 89.5 Å². The zero-order valence-corrected chi connectivity index (χ0v) is 27.1. The summed E-state index contributed by atoms with van der Waals surface area (Å²) in [5, 5.41) is 23.1. The van der Waals surface area contributed by atoms with E-state index in [4.69, 9.17) is 19.0 Å². The second-order valence-corrected chi connectivity index (χ2v) is 14.2. The first-order chi connectivity index (χ1) is 23.2. The third-order valence-electron chi connectivity index (χ3n) is 9.38. The molecule has 3 fully saturated rings. The highest BCUT2D eigenvalue weighted by molar-refractivity contribution is 7.22. The smallest absolute Gasteiger partial charge is 0.489 e. The van der Waals surface area contributed by atoms with E-state index in [9.17, 15) is 13.2 Å². The average Bonchev–Trinajstić information content (AvgIpc) is 3.33. The van der Waals surface area contributed by atoms with Gasteiger partial charge in [0.15, 0.2) is 11.0 Å². The summed E-state index contributed by atoms with van der Waals surface area (Å²) in [4.78, 5) is 4.96. The lowest BCUT2D eigenvalue weighted by Crippen LogP contribution is -2.39. The Morgan fingerprint density at radius 3 is 2.56 bits per heavy atom. The molecule has 0 aliphatic heterocycles. The van der Waals surface area contributed by atoms with Crippen LogP contribution in [-0.2, 0) is 11.3 Å². The van der Waals surface area contributed by atoms with Gasteiger partial charge in [-0.3, -0.25) is 0 Å². The molecular formula is C33H34F3N7O4S. The third-order valence-corrected chi connectivity index (χ3v) is 10.3. The number of ether oxygens (including phenoxy) is 3. The van der Waals surface area contributed by atoms with E-state index in [0.29, 0.717) is 40.4 Å². The normalized spacial score (nSPS) is 22.5. The van der Waals surface area contributed by atoms with Crippen molar-refractivity contribution in [2.75, 3.05) is 5.32 Å². The van der Waals surface area contributed by atoms with Gasteiger partial charge < -0.3 is 24.1 Å². The van der Waals surface area contributed by atoms with Crippen LogP contribution in [0.15, 0.2) is 40.9 Å². The van der Waals surface area contributed by atoms with E-state index in [1.807, 2.05) is 26.0 Å². The first-order valence-corrected chi connectivity index (χ1v) is 17.1. The summed E-state index contributed by atoms with van der Waals surface area (Å²) in [5.41, 5.74) is 2.91. The molecule has 0 spiro atoms. The van der Waals surface area contributed by atoms with E-state index < -0.39 is 6.36 Å². The number of H-pyrrole nitrogens is 1. The molecule has 2 aromatic carbocycles. The second kappa shape index (κ2) is 12.3. The second-order valence-electron chi connectivity index (χ2n) is 13.1. The molecule has 8 rings (SSSR count). The highest BCUT2D eigenvalue weighted by Gasteiger charge is 2.44. The van der Waals surface area contributed by atoms with Gasteiger partial charge in [-0.1, -0.05) is 28.6 Å². The Kier molecular flexibility index (Phi) is 7.98. The van der Waals surface area contributed by atoms with Crippen LogP contribution in [0.5, 0.6) is 11.5 Å². The third kappa shape index (κ3) is 6.32. The number of fused-ring (bicyclic) bond motifs is 3. The summed E-state index contributed by atoms with van der Waals surface area (Å²) in [7, 11) is 0. The number of hydrogen-bond acceptors (Lipinski definition) is 11. The van der Waals surface area contributed by atoms with Crippen molar-refractivity contribution in [3.63, 3.8) is 0 Å². The minimum Gasteiger partial charge on any atom is -0.489 e. The number of hydrogen-bond donors (Lipinski definition) is 2. The van der Waals surface area contributed by atoms with E-state index >= 15 is 0 Å². The zero-order chi connectivity index (χ0) is 33.0. The van der Waals surface area contributed by atoms with Gasteiger partial charge in [0.25, 0.3) is 0 Å². The Morgan fingerprint density at radius 1 is 1.06 bits per heavy atom. The summed E-state index contributed by atoms with van der Waals surface area (Å²) >= 11 is 1.58. The lowest BCUT2D eigenvalue weighted by atomic mass is 9.82. The van der Waals surface area contributed by atoms with E-state index in [0.717, 1.165) is 59.4 Å². The molecule has 2 bridgehead atoms. The van der Waals surface area contributed by atoms with Crippen molar-refractivity contribution in [1.29, 1.82) is 0 Å². The summed E-state index contributed by atoms with van der Waals surface area (Å²) in [6.07, 6.45) is 0.992. The Hall–Kier alpha value is -4.24. The summed E-state index contributed by atoms with van der Waals surface area (Å²) in [6, 6.07) is 10.2. The molecule has 2 N–H and O–H groups in total. The van der Waals surface area contributed by atoms with Crippen LogP contribution in [0.4, 0.5) is 18.3 Å². The molecule has 3 aromatic heterocycles. The molecular weight excluding hydrogens is 647 g/mol.